The first-order valence-corrected chi connectivity index (χ1v) is 8.82. The summed E-state index contributed by atoms with van der Waals surface area (Å²) in [5, 5.41) is 14.7. The SMILES string of the molecule is COc1ccc(OCCNc2ncc(C(=O)Nc3cccc(C#N)c3)cn2)cc1. The fraction of sp³-hybridized carbons (Fsp3) is 0.143. The minimum Gasteiger partial charge on any atom is -0.497 e. The molecule has 0 atom stereocenters. The van der Waals surface area contributed by atoms with Gasteiger partial charge in [-0.2, -0.15) is 5.26 Å². The van der Waals surface area contributed by atoms with Gasteiger partial charge in [0, 0.05) is 18.1 Å². The van der Waals surface area contributed by atoms with Gasteiger partial charge in [-0.05, 0) is 42.5 Å². The van der Waals surface area contributed by atoms with Crippen molar-refractivity contribution < 1.29 is 14.3 Å². The molecule has 0 aliphatic heterocycles. The Labute approximate surface area is 168 Å². The highest BCUT2D eigenvalue weighted by Gasteiger charge is 2.08. The minimum absolute atomic E-state index is 0.312. The molecule has 2 aromatic carbocycles. The average Bonchev–Trinajstić information content (AvgIpc) is 2.77. The summed E-state index contributed by atoms with van der Waals surface area (Å²) in [7, 11) is 1.61. The van der Waals surface area contributed by atoms with Crippen molar-refractivity contribution >= 4 is 17.5 Å². The first kappa shape index (κ1) is 19.6. The van der Waals surface area contributed by atoms with Crippen LogP contribution in [0.25, 0.3) is 0 Å². The molecule has 0 aliphatic carbocycles. The monoisotopic (exact) mass is 389 g/mol. The van der Waals surface area contributed by atoms with Gasteiger partial charge in [-0.3, -0.25) is 4.79 Å². The predicted octanol–water partition coefficient (Wildman–Crippen LogP) is 3.10. The largest absolute Gasteiger partial charge is 0.497 e. The molecular weight excluding hydrogens is 370 g/mol. The van der Waals surface area contributed by atoms with Crippen molar-refractivity contribution in [3.8, 4) is 17.6 Å². The topological polar surface area (TPSA) is 109 Å². The van der Waals surface area contributed by atoms with E-state index in [0.717, 1.165) is 11.5 Å². The number of benzene rings is 2. The first-order valence-electron chi connectivity index (χ1n) is 8.82. The summed E-state index contributed by atoms with van der Waals surface area (Å²) in [5.41, 5.74) is 1.31. The van der Waals surface area contributed by atoms with Crippen LogP contribution in [0, 0.1) is 11.3 Å². The molecule has 0 unspecified atom stereocenters. The van der Waals surface area contributed by atoms with Gasteiger partial charge in [-0.1, -0.05) is 6.07 Å². The van der Waals surface area contributed by atoms with Gasteiger partial charge in [-0.25, -0.2) is 9.97 Å². The van der Waals surface area contributed by atoms with E-state index >= 15 is 0 Å². The number of anilines is 2. The Balaban J connectivity index is 1.46. The number of nitrogens with zero attached hydrogens (tertiary/aromatic N) is 3. The third-order valence-corrected chi connectivity index (χ3v) is 3.88. The van der Waals surface area contributed by atoms with Crippen LogP contribution in [-0.4, -0.2) is 36.1 Å². The van der Waals surface area contributed by atoms with Crippen LogP contribution in [0.4, 0.5) is 11.6 Å². The highest BCUT2D eigenvalue weighted by atomic mass is 16.5. The summed E-state index contributed by atoms with van der Waals surface area (Å²) in [6.45, 7) is 0.922. The molecule has 0 saturated carbocycles. The Morgan fingerprint density at radius 3 is 2.52 bits per heavy atom. The lowest BCUT2D eigenvalue weighted by Gasteiger charge is -2.09. The lowest BCUT2D eigenvalue weighted by molar-refractivity contribution is 0.102. The molecule has 8 nitrogen and oxygen atoms in total. The van der Waals surface area contributed by atoms with Gasteiger partial charge in [0.1, 0.15) is 18.1 Å². The Kier molecular flexibility index (Phi) is 6.58. The lowest BCUT2D eigenvalue weighted by Crippen LogP contribution is -2.15. The third kappa shape index (κ3) is 5.68. The zero-order valence-corrected chi connectivity index (χ0v) is 15.8. The number of carbonyl (C=O) groups is 1. The van der Waals surface area contributed by atoms with Crippen LogP contribution in [0.1, 0.15) is 15.9 Å². The van der Waals surface area contributed by atoms with Crippen molar-refractivity contribution in [3.05, 3.63) is 72.1 Å². The van der Waals surface area contributed by atoms with Crippen molar-refractivity contribution in [1.82, 2.24) is 9.97 Å². The number of ether oxygens (including phenoxy) is 2. The molecule has 29 heavy (non-hydrogen) atoms. The molecule has 0 fully saturated rings. The second kappa shape index (κ2) is 9.71. The second-order valence-corrected chi connectivity index (χ2v) is 5.89. The molecule has 0 aliphatic rings. The van der Waals surface area contributed by atoms with E-state index in [2.05, 4.69) is 20.6 Å². The van der Waals surface area contributed by atoms with Crippen molar-refractivity contribution in [1.29, 1.82) is 5.26 Å². The number of nitriles is 1. The number of hydrogen-bond acceptors (Lipinski definition) is 7. The van der Waals surface area contributed by atoms with Gasteiger partial charge in [-0.15, -0.1) is 0 Å². The number of methoxy groups -OCH3 is 1. The van der Waals surface area contributed by atoms with E-state index in [-0.39, 0.29) is 5.91 Å². The summed E-state index contributed by atoms with van der Waals surface area (Å²) in [6.07, 6.45) is 2.87. The average molecular weight is 389 g/mol. The molecule has 1 aromatic heterocycles. The van der Waals surface area contributed by atoms with E-state index in [4.69, 9.17) is 14.7 Å². The van der Waals surface area contributed by atoms with Crippen molar-refractivity contribution in [2.45, 2.75) is 0 Å². The van der Waals surface area contributed by atoms with Crippen LogP contribution in [0.5, 0.6) is 11.5 Å². The van der Waals surface area contributed by atoms with E-state index in [0.29, 0.717) is 35.9 Å². The summed E-state index contributed by atoms with van der Waals surface area (Å²) in [4.78, 5) is 20.5. The van der Waals surface area contributed by atoms with Gasteiger partial charge in [0.15, 0.2) is 0 Å². The standard InChI is InChI=1S/C21H19N5O3/c1-28-18-5-7-19(8-6-18)29-10-9-23-21-24-13-16(14-25-21)20(27)26-17-4-2-3-15(11-17)12-22/h2-8,11,13-14H,9-10H2,1H3,(H,26,27)(H,23,24,25). The van der Waals surface area contributed by atoms with Gasteiger partial charge < -0.3 is 20.1 Å². The summed E-state index contributed by atoms with van der Waals surface area (Å²) < 4.78 is 10.7. The number of rotatable bonds is 8. The lowest BCUT2D eigenvalue weighted by atomic mass is 10.2. The van der Waals surface area contributed by atoms with Gasteiger partial charge in [0.2, 0.25) is 5.95 Å². The molecule has 2 N–H and O–H groups in total. The highest BCUT2D eigenvalue weighted by molar-refractivity contribution is 6.03. The zero-order chi connectivity index (χ0) is 20.5. The Hall–Kier alpha value is -4.12. The van der Waals surface area contributed by atoms with Crippen molar-refractivity contribution in [2.24, 2.45) is 0 Å². The van der Waals surface area contributed by atoms with Crippen LogP contribution in [-0.2, 0) is 0 Å². The fourth-order valence-corrected chi connectivity index (χ4v) is 2.41. The van der Waals surface area contributed by atoms with Crippen molar-refractivity contribution in [2.75, 3.05) is 30.9 Å². The smallest absolute Gasteiger partial charge is 0.258 e. The van der Waals surface area contributed by atoms with Gasteiger partial charge >= 0.3 is 0 Å². The molecule has 146 valence electrons. The number of hydrogen-bond donors (Lipinski definition) is 2. The van der Waals surface area contributed by atoms with E-state index in [1.165, 1.54) is 12.4 Å². The van der Waals surface area contributed by atoms with E-state index in [1.54, 1.807) is 31.4 Å². The molecule has 0 spiro atoms. The molecule has 0 bridgehead atoms. The predicted molar refractivity (Wildman–Crippen MR) is 108 cm³/mol. The van der Waals surface area contributed by atoms with Crippen LogP contribution in [0.3, 0.4) is 0 Å². The van der Waals surface area contributed by atoms with E-state index in [9.17, 15) is 4.79 Å². The Morgan fingerprint density at radius 2 is 1.83 bits per heavy atom. The minimum atomic E-state index is -0.352. The maximum Gasteiger partial charge on any atom is 0.258 e. The molecule has 1 amide bonds. The number of carbonyl (C=O) groups excluding carboxylic acids is 1. The van der Waals surface area contributed by atoms with E-state index in [1.807, 2.05) is 30.3 Å². The van der Waals surface area contributed by atoms with Crippen LogP contribution in [0.2, 0.25) is 0 Å². The highest BCUT2D eigenvalue weighted by Crippen LogP contribution is 2.16. The van der Waals surface area contributed by atoms with Crippen molar-refractivity contribution in [3.63, 3.8) is 0 Å². The van der Waals surface area contributed by atoms with Crippen LogP contribution < -0.4 is 20.1 Å². The molecule has 3 rings (SSSR count). The summed E-state index contributed by atoms with van der Waals surface area (Å²) in [6, 6.07) is 16.0. The normalized spacial score (nSPS) is 9.93. The Morgan fingerprint density at radius 1 is 1.10 bits per heavy atom. The van der Waals surface area contributed by atoms with Gasteiger partial charge in [0.25, 0.3) is 5.91 Å². The zero-order valence-electron chi connectivity index (χ0n) is 15.8. The summed E-state index contributed by atoms with van der Waals surface area (Å²) in [5.74, 6) is 1.55. The third-order valence-electron chi connectivity index (χ3n) is 3.88. The molecule has 1 heterocycles. The maximum absolute atomic E-state index is 12.3. The molecular formula is C21H19N5O3. The molecule has 8 heteroatoms. The first-order chi connectivity index (χ1) is 14.2. The van der Waals surface area contributed by atoms with Crippen LogP contribution in [0.15, 0.2) is 60.9 Å². The van der Waals surface area contributed by atoms with E-state index < -0.39 is 0 Å². The number of aromatic nitrogens is 2. The number of amides is 1. The molecule has 3 aromatic rings. The molecule has 0 saturated heterocycles. The summed E-state index contributed by atoms with van der Waals surface area (Å²) >= 11 is 0. The maximum atomic E-state index is 12.3. The molecule has 0 radical (unpaired) electrons. The van der Waals surface area contributed by atoms with Gasteiger partial charge in [0.05, 0.1) is 30.9 Å². The Bertz CT molecular complexity index is 998. The fourth-order valence-electron chi connectivity index (χ4n) is 2.41. The second-order valence-electron chi connectivity index (χ2n) is 5.89. The quantitative estimate of drug-likeness (QED) is 0.570. The van der Waals surface area contributed by atoms with Crippen LogP contribution >= 0.6 is 0 Å². The number of nitrogens with one attached hydrogen (secondary N) is 2.